The van der Waals surface area contributed by atoms with E-state index >= 15 is 0 Å². The molecule has 0 unspecified atom stereocenters. The zero-order valence-electron chi connectivity index (χ0n) is 15.1. The molecule has 4 heteroatoms. The van der Waals surface area contributed by atoms with Crippen LogP contribution in [0.5, 0.6) is 0 Å². The zero-order chi connectivity index (χ0) is 18.1. The van der Waals surface area contributed by atoms with Crippen LogP contribution in [0.25, 0.3) is 0 Å². The van der Waals surface area contributed by atoms with Crippen molar-refractivity contribution in [1.82, 2.24) is 5.32 Å². The van der Waals surface area contributed by atoms with Crippen molar-refractivity contribution in [3.63, 3.8) is 0 Å². The fourth-order valence-electron chi connectivity index (χ4n) is 3.94. The third kappa shape index (κ3) is 3.24. The minimum Gasteiger partial charge on any atom is -0.346 e. The second-order valence-electron chi connectivity index (χ2n) is 7.27. The molecule has 4 rings (SSSR count). The number of anilines is 1. The van der Waals surface area contributed by atoms with E-state index in [1.807, 2.05) is 19.1 Å². The first-order valence-corrected chi connectivity index (χ1v) is 9.45. The van der Waals surface area contributed by atoms with Gasteiger partial charge in [0.2, 0.25) is 5.91 Å². The fraction of sp³-hybridized carbons (Fsp3) is 0.364. The second-order valence-corrected chi connectivity index (χ2v) is 7.27. The Bertz CT molecular complexity index is 842. The maximum absolute atomic E-state index is 12.6. The number of hydrogen-bond donors (Lipinski definition) is 1. The summed E-state index contributed by atoms with van der Waals surface area (Å²) in [4.78, 5) is 26.2. The van der Waals surface area contributed by atoms with Crippen LogP contribution in [0.4, 0.5) is 5.69 Å². The van der Waals surface area contributed by atoms with Gasteiger partial charge in [0.25, 0.3) is 5.91 Å². The van der Waals surface area contributed by atoms with Crippen LogP contribution >= 0.6 is 0 Å². The van der Waals surface area contributed by atoms with Gasteiger partial charge >= 0.3 is 0 Å². The topological polar surface area (TPSA) is 49.4 Å². The molecule has 0 aromatic heterocycles. The van der Waals surface area contributed by atoms with Gasteiger partial charge in [0.15, 0.2) is 0 Å². The second kappa shape index (κ2) is 6.94. The van der Waals surface area contributed by atoms with Crippen molar-refractivity contribution in [3.8, 4) is 0 Å². The summed E-state index contributed by atoms with van der Waals surface area (Å²) >= 11 is 0. The summed E-state index contributed by atoms with van der Waals surface area (Å²) in [6.07, 6.45) is 5.05. The molecule has 0 bridgehead atoms. The number of fused-ring (bicyclic) bond motifs is 1. The summed E-state index contributed by atoms with van der Waals surface area (Å²) in [5, 5.41) is 3.08. The van der Waals surface area contributed by atoms with Gasteiger partial charge in [-0.2, -0.15) is 0 Å². The summed E-state index contributed by atoms with van der Waals surface area (Å²) in [6.45, 7) is 2.78. The number of carbonyl (C=O) groups is 2. The molecule has 0 radical (unpaired) electrons. The molecule has 2 aromatic rings. The molecule has 1 fully saturated rings. The highest BCUT2D eigenvalue weighted by Gasteiger charge is 2.22. The van der Waals surface area contributed by atoms with Crippen LogP contribution < -0.4 is 10.2 Å². The lowest BCUT2D eigenvalue weighted by atomic mass is 10.0. The Morgan fingerprint density at radius 2 is 1.77 bits per heavy atom. The quantitative estimate of drug-likeness (QED) is 0.914. The monoisotopic (exact) mass is 348 g/mol. The maximum Gasteiger partial charge on any atom is 0.251 e. The number of nitrogens with zero attached hydrogens (tertiary/aromatic N) is 1. The van der Waals surface area contributed by atoms with Crippen molar-refractivity contribution in [3.05, 3.63) is 64.7 Å². The smallest absolute Gasteiger partial charge is 0.251 e. The Hall–Kier alpha value is -2.62. The van der Waals surface area contributed by atoms with Crippen molar-refractivity contribution in [2.75, 3.05) is 11.4 Å². The van der Waals surface area contributed by atoms with Gasteiger partial charge in [0.1, 0.15) is 0 Å². The summed E-state index contributed by atoms with van der Waals surface area (Å²) in [6, 6.07) is 13.8. The van der Waals surface area contributed by atoms with E-state index in [4.69, 9.17) is 0 Å². The minimum absolute atomic E-state index is 0.0340. The van der Waals surface area contributed by atoms with Crippen molar-refractivity contribution in [2.24, 2.45) is 0 Å². The van der Waals surface area contributed by atoms with Gasteiger partial charge < -0.3 is 10.2 Å². The van der Waals surface area contributed by atoms with Gasteiger partial charge in [-0.25, -0.2) is 0 Å². The van der Waals surface area contributed by atoms with Crippen molar-refractivity contribution in [1.29, 1.82) is 0 Å². The van der Waals surface area contributed by atoms with E-state index in [0.717, 1.165) is 30.6 Å². The average Bonchev–Trinajstić information content (AvgIpc) is 3.29. The number of nitrogens with one attached hydrogen (secondary N) is 1. The number of aryl methyl sites for hydroxylation is 2. The number of carbonyl (C=O) groups excluding carboxylic acids is 2. The molecule has 1 saturated heterocycles. The highest BCUT2D eigenvalue weighted by Crippen LogP contribution is 2.26. The van der Waals surface area contributed by atoms with E-state index in [-0.39, 0.29) is 17.9 Å². The van der Waals surface area contributed by atoms with E-state index < -0.39 is 0 Å². The Labute approximate surface area is 154 Å². The molecular weight excluding hydrogens is 324 g/mol. The molecule has 0 spiro atoms. The molecule has 1 heterocycles. The highest BCUT2D eigenvalue weighted by molar-refractivity contribution is 5.97. The van der Waals surface area contributed by atoms with Crippen molar-refractivity contribution in [2.45, 2.75) is 45.1 Å². The van der Waals surface area contributed by atoms with Gasteiger partial charge in [-0.15, -0.1) is 0 Å². The first-order chi connectivity index (χ1) is 12.6. The number of amides is 2. The Kier molecular flexibility index (Phi) is 4.49. The van der Waals surface area contributed by atoms with E-state index in [1.54, 1.807) is 17.0 Å². The molecular formula is C22H24N2O2. The van der Waals surface area contributed by atoms with Crippen molar-refractivity contribution >= 4 is 17.5 Å². The number of benzene rings is 2. The third-order valence-corrected chi connectivity index (χ3v) is 5.48. The molecule has 2 aromatic carbocycles. The Balaban J connectivity index is 1.43. The first-order valence-electron chi connectivity index (χ1n) is 9.45. The molecule has 4 nitrogen and oxygen atoms in total. The van der Waals surface area contributed by atoms with Crippen LogP contribution in [0.1, 0.15) is 59.3 Å². The maximum atomic E-state index is 12.6. The molecule has 0 saturated carbocycles. The minimum atomic E-state index is -0.0858. The molecule has 2 aliphatic rings. The highest BCUT2D eigenvalue weighted by atomic mass is 16.2. The Morgan fingerprint density at radius 3 is 2.50 bits per heavy atom. The molecule has 1 aliphatic heterocycles. The molecule has 1 atom stereocenters. The first kappa shape index (κ1) is 16.8. The van der Waals surface area contributed by atoms with Crippen LogP contribution in [-0.2, 0) is 17.6 Å². The van der Waals surface area contributed by atoms with Crippen LogP contribution in [0.15, 0.2) is 42.5 Å². The lowest BCUT2D eigenvalue weighted by molar-refractivity contribution is -0.117. The third-order valence-electron chi connectivity index (χ3n) is 5.48. The lowest BCUT2D eigenvalue weighted by Crippen LogP contribution is -2.27. The molecule has 26 heavy (non-hydrogen) atoms. The van der Waals surface area contributed by atoms with Gasteiger partial charge in [0.05, 0.1) is 6.04 Å². The zero-order valence-corrected chi connectivity index (χ0v) is 15.1. The fourth-order valence-corrected chi connectivity index (χ4v) is 3.94. The molecule has 1 N–H and O–H groups in total. The van der Waals surface area contributed by atoms with Gasteiger partial charge in [-0.3, -0.25) is 9.59 Å². The summed E-state index contributed by atoms with van der Waals surface area (Å²) in [5.74, 6) is 0.0738. The lowest BCUT2D eigenvalue weighted by Gasteiger charge is -2.17. The predicted molar refractivity (Wildman–Crippen MR) is 102 cm³/mol. The van der Waals surface area contributed by atoms with E-state index in [9.17, 15) is 9.59 Å². The van der Waals surface area contributed by atoms with E-state index in [0.29, 0.717) is 12.0 Å². The largest absolute Gasteiger partial charge is 0.346 e. The molecule has 134 valence electrons. The summed E-state index contributed by atoms with van der Waals surface area (Å²) in [5.41, 5.74) is 5.50. The number of hydrogen-bond acceptors (Lipinski definition) is 2. The molecule has 1 aliphatic carbocycles. The van der Waals surface area contributed by atoms with Gasteiger partial charge in [0, 0.05) is 24.2 Å². The van der Waals surface area contributed by atoms with Crippen LogP contribution in [-0.4, -0.2) is 18.4 Å². The van der Waals surface area contributed by atoms with Crippen LogP contribution in [0.2, 0.25) is 0 Å². The average molecular weight is 348 g/mol. The number of rotatable bonds is 4. The summed E-state index contributed by atoms with van der Waals surface area (Å²) in [7, 11) is 0. The van der Waals surface area contributed by atoms with E-state index in [1.165, 1.54) is 24.0 Å². The normalized spacial score (nSPS) is 17.3. The van der Waals surface area contributed by atoms with Crippen LogP contribution in [0, 0.1) is 0 Å². The standard InChI is InChI=1S/C22H24N2O2/c1-15(18-8-7-16-4-2-5-19(16)14-18)23-22(26)17-9-11-20(12-10-17)24-13-3-6-21(24)25/h7-12,14-15H,2-6,13H2,1H3,(H,23,26)/t15-/m0/s1. The van der Waals surface area contributed by atoms with E-state index in [2.05, 4.69) is 23.5 Å². The van der Waals surface area contributed by atoms with Crippen molar-refractivity contribution < 1.29 is 9.59 Å². The Morgan fingerprint density at radius 1 is 1.00 bits per heavy atom. The van der Waals surface area contributed by atoms with Crippen LogP contribution in [0.3, 0.4) is 0 Å². The van der Waals surface area contributed by atoms with Gasteiger partial charge in [-0.05, 0) is 73.6 Å². The molecule has 2 amide bonds. The SMILES string of the molecule is C[C@H](NC(=O)c1ccc(N2CCCC2=O)cc1)c1ccc2c(c1)CCC2. The predicted octanol–water partition coefficient (Wildman–Crippen LogP) is 3.79. The van der Waals surface area contributed by atoms with Gasteiger partial charge in [-0.1, -0.05) is 18.2 Å². The summed E-state index contributed by atoms with van der Waals surface area (Å²) < 4.78 is 0.